The van der Waals surface area contributed by atoms with E-state index < -0.39 is 5.97 Å². The van der Waals surface area contributed by atoms with E-state index >= 15 is 0 Å². The summed E-state index contributed by atoms with van der Waals surface area (Å²) in [5, 5.41) is 11.8. The number of carbonyl (C=O) groups is 1. The van der Waals surface area contributed by atoms with Gasteiger partial charge in [0.15, 0.2) is 0 Å². The van der Waals surface area contributed by atoms with Gasteiger partial charge in [0.2, 0.25) is 0 Å². The van der Waals surface area contributed by atoms with Gasteiger partial charge in [-0.3, -0.25) is 0 Å². The first-order valence-electron chi connectivity index (χ1n) is 3.54. The fraction of sp³-hybridized carbons (Fsp3) is 0.143. The van der Waals surface area contributed by atoms with Crippen molar-refractivity contribution in [1.29, 1.82) is 0 Å². The zero-order chi connectivity index (χ0) is 10.6. The zero-order valence-electron chi connectivity index (χ0n) is 6.88. The summed E-state index contributed by atoms with van der Waals surface area (Å²) in [7, 11) is 0. The van der Waals surface area contributed by atoms with E-state index in [1.165, 1.54) is 12.1 Å². The van der Waals surface area contributed by atoms with Crippen LogP contribution in [0.15, 0.2) is 17.2 Å². The molecule has 1 heterocycles. The molecule has 0 saturated heterocycles. The smallest absolute Gasteiger partial charge is 0.338 e. The monoisotopic (exact) mass is 212 g/mol. The fourth-order valence-corrected chi connectivity index (χ4v) is 1.08. The molecule has 0 fully saturated rings. The van der Waals surface area contributed by atoms with Gasteiger partial charge in [-0.05, 0) is 17.7 Å². The third-order valence-electron chi connectivity index (χ3n) is 1.43. The third kappa shape index (κ3) is 2.35. The third-order valence-corrected chi connectivity index (χ3v) is 1.72. The summed E-state index contributed by atoms with van der Waals surface area (Å²) in [5.74, 6) is -1.14. The van der Waals surface area contributed by atoms with Crippen molar-refractivity contribution in [2.45, 2.75) is 6.54 Å². The largest absolute Gasteiger partial charge is 0.478 e. The van der Waals surface area contributed by atoms with E-state index in [-0.39, 0.29) is 17.3 Å². The van der Waals surface area contributed by atoms with Crippen molar-refractivity contribution >= 4 is 17.6 Å². The molecular formula is C7H5ClN4O2. The van der Waals surface area contributed by atoms with Crippen LogP contribution in [0.3, 0.4) is 0 Å². The number of pyridine rings is 1. The van der Waals surface area contributed by atoms with Crippen molar-refractivity contribution < 1.29 is 9.90 Å². The molecular weight excluding hydrogens is 208 g/mol. The van der Waals surface area contributed by atoms with E-state index in [4.69, 9.17) is 22.2 Å². The molecule has 0 unspecified atom stereocenters. The number of carboxylic acid groups (broad SMARTS) is 1. The molecule has 1 rings (SSSR count). The first-order valence-corrected chi connectivity index (χ1v) is 3.92. The Morgan fingerprint density at radius 1 is 1.71 bits per heavy atom. The van der Waals surface area contributed by atoms with Gasteiger partial charge in [0.05, 0.1) is 12.1 Å². The van der Waals surface area contributed by atoms with Crippen LogP contribution in [0.2, 0.25) is 5.15 Å². The molecule has 1 N–H and O–H groups in total. The zero-order valence-corrected chi connectivity index (χ0v) is 7.64. The van der Waals surface area contributed by atoms with E-state index in [0.717, 1.165) is 0 Å². The fourth-order valence-electron chi connectivity index (χ4n) is 0.824. The maximum absolute atomic E-state index is 10.5. The summed E-state index contributed by atoms with van der Waals surface area (Å²) in [6.45, 7) is 0.0517. The van der Waals surface area contributed by atoms with Crippen molar-refractivity contribution in [1.82, 2.24) is 4.98 Å². The Hall–Kier alpha value is -1.78. The Bertz CT molecular complexity index is 414. The molecule has 0 amide bonds. The van der Waals surface area contributed by atoms with E-state index in [1.807, 2.05) is 0 Å². The number of aromatic carboxylic acids is 1. The average Bonchev–Trinajstić information content (AvgIpc) is 2.14. The summed E-state index contributed by atoms with van der Waals surface area (Å²) in [4.78, 5) is 16.8. The normalized spacial score (nSPS) is 9.21. The number of carboxylic acids is 1. The highest BCUT2D eigenvalue weighted by atomic mass is 35.5. The quantitative estimate of drug-likeness (QED) is 0.360. The second-order valence-electron chi connectivity index (χ2n) is 2.34. The summed E-state index contributed by atoms with van der Waals surface area (Å²) in [6, 6.07) is 2.77. The number of halogens is 1. The molecule has 6 nitrogen and oxygen atoms in total. The summed E-state index contributed by atoms with van der Waals surface area (Å²) >= 11 is 5.58. The predicted octanol–water partition coefficient (Wildman–Crippen LogP) is 2.24. The molecule has 7 heteroatoms. The van der Waals surface area contributed by atoms with Gasteiger partial charge < -0.3 is 5.11 Å². The average molecular weight is 213 g/mol. The van der Waals surface area contributed by atoms with E-state index in [9.17, 15) is 4.79 Å². The van der Waals surface area contributed by atoms with Crippen LogP contribution in [0.5, 0.6) is 0 Å². The first-order chi connectivity index (χ1) is 6.65. The van der Waals surface area contributed by atoms with Crippen molar-refractivity contribution in [3.8, 4) is 0 Å². The lowest BCUT2D eigenvalue weighted by Crippen LogP contribution is -2.00. The second-order valence-corrected chi connectivity index (χ2v) is 2.69. The molecule has 0 saturated carbocycles. The molecule has 0 atom stereocenters. The SMILES string of the molecule is [N-]=[N+]=NCc1ccc(C(=O)O)c(Cl)n1. The van der Waals surface area contributed by atoms with Gasteiger partial charge >= 0.3 is 5.97 Å². The Morgan fingerprint density at radius 3 is 2.93 bits per heavy atom. The van der Waals surface area contributed by atoms with Gasteiger partial charge in [-0.15, -0.1) is 0 Å². The van der Waals surface area contributed by atoms with Gasteiger partial charge in [0, 0.05) is 10.6 Å². The lowest BCUT2D eigenvalue weighted by molar-refractivity contribution is 0.0696. The van der Waals surface area contributed by atoms with Crippen molar-refractivity contribution in [3.63, 3.8) is 0 Å². The predicted molar refractivity (Wildman–Crippen MR) is 49.1 cm³/mol. The Morgan fingerprint density at radius 2 is 2.43 bits per heavy atom. The molecule has 0 aromatic carbocycles. The maximum Gasteiger partial charge on any atom is 0.338 e. The van der Waals surface area contributed by atoms with E-state index in [0.29, 0.717) is 5.69 Å². The van der Waals surface area contributed by atoms with Crippen molar-refractivity contribution in [2.24, 2.45) is 5.11 Å². The summed E-state index contributed by atoms with van der Waals surface area (Å²) < 4.78 is 0. The molecule has 0 bridgehead atoms. The molecule has 0 aliphatic carbocycles. The van der Waals surface area contributed by atoms with Gasteiger partial charge in [-0.2, -0.15) is 0 Å². The van der Waals surface area contributed by atoms with Crippen LogP contribution in [0.1, 0.15) is 16.1 Å². The van der Waals surface area contributed by atoms with Crippen LogP contribution in [0.4, 0.5) is 0 Å². The molecule has 1 aromatic rings. The van der Waals surface area contributed by atoms with Gasteiger partial charge in [0.1, 0.15) is 5.15 Å². The Kier molecular flexibility index (Phi) is 3.28. The number of nitrogens with zero attached hydrogens (tertiary/aromatic N) is 4. The summed E-state index contributed by atoms with van der Waals surface area (Å²) in [5.41, 5.74) is 8.40. The van der Waals surface area contributed by atoms with E-state index in [2.05, 4.69) is 15.0 Å². The Labute approximate surface area is 83.8 Å². The highest BCUT2D eigenvalue weighted by Gasteiger charge is 2.09. The topological polar surface area (TPSA) is 99.0 Å². The number of rotatable bonds is 3. The molecule has 1 aromatic heterocycles. The van der Waals surface area contributed by atoms with Gasteiger partial charge in [-0.1, -0.05) is 16.7 Å². The summed E-state index contributed by atoms with van der Waals surface area (Å²) in [6.07, 6.45) is 0. The second kappa shape index (κ2) is 4.45. The van der Waals surface area contributed by atoms with Crippen LogP contribution in [0, 0.1) is 0 Å². The standard InChI is InChI=1S/C7H5ClN4O2/c8-6-5(7(13)14)2-1-4(11-6)3-10-12-9/h1-2H,3H2,(H,13,14). The number of hydrogen-bond donors (Lipinski definition) is 1. The van der Waals surface area contributed by atoms with Crippen molar-refractivity contribution in [2.75, 3.05) is 0 Å². The Balaban J connectivity index is 3.00. The lowest BCUT2D eigenvalue weighted by Gasteiger charge is -1.99. The van der Waals surface area contributed by atoms with Gasteiger partial charge in [-0.25, -0.2) is 9.78 Å². The number of hydrogen-bond acceptors (Lipinski definition) is 3. The van der Waals surface area contributed by atoms with Crippen LogP contribution in [-0.2, 0) is 6.54 Å². The maximum atomic E-state index is 10.5. The van der Waals surface area contributed by atoms with E-state index in [1.54, 1.807) is 0 Å². The number of azide groups is 1. The molecule has 0 radical (unpaired) electrons. The highest BCUT2D eigenvalue weighted by Crippen LogP contribution is 2.14. The molecule has 0 spiro atoms. The van der Waals surface area contributed by atoms with Crippen molar-refractivity contribution in [3.05, 3.63) is 39.0 Å². The minimum absolute atomic E-state index is 0.0517. The molecule has 72 valence electrons. The highest BCUT2D eigenvalue weighted by molar-refractivity contribution is 6.32. The van der Waals surface area contributed by atoms with Crippen LogP contribution in [-0.4, -0.2) is 16.1 Å². The van der Waals surface area contributed by atoms with Crippen LogP contribution < -0.4 is 0 Å². The minimum atomic E-state index is -1.14. The van der Waals surface area contributed by atoms with Crippen LogP contribution in [0.25, 0.3) is 10.4 Å². The van der Waals surface area contributed by atoms with Gasteiger partial charge in [0.25, 0.3) is 0 Å². The lowest BCUT2D eigenvalue weighted by atomic mass is 10.2. The molecule has 0 aliphatic heterocycles. The molecule has 0 aliphatic rings. The first kappa shape index (κ1) is 10.3. The van der Waals surface area contributed by atoms with Crippen LogP contribution >= 0.6 is 11.6 Å². The minimum Gasteiger partial charge on any atom is -0.478 e. The number of aromatic nitrogens is 1. The molecule has 14 heavy (non-hydrogen) atoms.